The minimum atomic E-state index is -4.61. The van der Waals surface area contributed by atoms with Crippen molar-refractivity contribution >= 4 is 149 Å². The summed E-state index contributed by atoms with van der Waals surface area (Å²) in [6.07, 6.45) is 0. The second kappa shape index (κ2) is 27.9. The van der Waals surface area contributed by atoms with Crippen LogP contribution in [-0.2, 0) is 20.2 Å². The number of ether oxygens (including phenoxy) is 2. The second-order valence-corrected chi connectivity index (χ2v) is 21.2. The summed E-state index contributed by atoms with van der Waals surface area (Å²) in [7, 11) is -5.90. The van der Waals surface area contributed by atoms with Gasteiger partial charge in [-0.1, -0.05) is 66.4 Å². The summed E-state index contributed by atoms with van der Waals surface area (Å²) >= 11 is 0. The average molecular weight is 1230 g/mol. The Balaban J connectivity index is 0.000000223. The van der Waals surface area contributed by atoms with E-state index in [2.05, 4.69) is 41.7 Å². The molecule has 0 fully saturated rings. The fraction of sp³-hybridized carbons (Fsp3) is 0.0323. The number of nitrogens with one attached hydrogen (secondary N) is 4. The number of nitrogens with zero attached hydrogens (tertiary/aromatic N) is 4. The van der Waals surface area contributed by atoms with Crippen LogP contribution < -0.4 is 35.8 Å². The predicted molar refractivity (Wildman–Crippen MR) is 324 cm³/mol. The van der Waals surface area contributed by atoms with Gasteiger partial charge in [0, 0.05) is 50.2 Å². The molecule has 0 saturated heterocycles. The molecule has 87 heavy (non-hydrogen) atoms. The van der Waals surface area contributed by atoms with Gasteiger partial charge in [-0.25, -0.2) is 8.42 Å². The molecule has 10 aromatic carbocycles. The molecule has 0 heterocycles. The molecule has 10 aromatic rings. The minimum Gasteiger partial charge on any atom is -0.870 e. The summed E-state index contributed by atoms with van der Waals surface area (Å²) in [6.45, 7) is 0. The normalized spacial score (nSPS) is 11.3. The zero-order valence-electron chi connectivity index (χ0n) is 45.7. The number of phenolic OH excluding ortho intramolecular Hbond substituents is 1. The molecule has 22 nitrogen and oxygen atoms in total. The van der Waals surface area contributed by atoms with Crippen molar-refractivity contribution in [3.63, 3.8) is 0 Å². The number of carbonyl (C=O) groups excluding carboxylic acids is 4. The molecule has 25 heteroatoms. The molecule has 0 radical (unpaired) electrons. The van der Waals surface area contributed by atoms with Gasteiger partial charge in [0.25, 0.3) is 33.7 Å². The minimum absolute atomic E-state index is 0. The van der Waals surface area contributed by atoms with Crippen LogP contribution in [0.2, 0.25) is 0 Å². The van der Waals surface area contributed by atoms with Crippen molar-refractivity contribution in [1.82, 2.24) is 0 Å². The first kappa shape index (κ1) is 63.1. The van der Waals surface area contributed by atoms with E-state index < -0.39 is 54.5 Å². The number of carbonyl (C=O) groups is 4. The number of aromatic hydroxyl groups is 1. The number of methoxy groups -OCH3 is 2. The first-order valence-corrected chi connectivity index (χ1v) is 28.3. The van der Waals surface area contributed by atoms with Crippen LogP contribution in [0.25, 0.3) is 21.5 Å². The van der Waals surface area contributed by atoms with Crippen molar-refractivity contribution in [3.8, 4) is 23.0 Å². The van der Waals surface area contributed by atoms with E-state index in [4.69, 9.17) is 14.0 Å². The summed E-state index contributed by atoms with van der Waals surface area (Å²) < 4.78 is 75.2. The van der Waals surface area contributed by atoms with E-state index in [1.807, 2.05) is 0 Å². The van der Waals surface area contributed by atoms with Crippen LogP contribution >= 0.6 is 0 Å². The molecule has 0 aliphatic carbocycles. The van der Waals surface area contributed by atoms with E-state index in [0.29, 0.717) is 55.8 Å². The number of phenols is 1. The number of fused-ring (bicyclic) bond motifs is 2. The van der Waals surface area contributed by atoms with E-state index in [-0.39, 0.29) is 93.4 Å². The van der Waals surface area contributed by atoms with Gasteiger partial charge in [-0.05, 0) is 156 Å². The number of hydrogen-bond acceptors (Lipinski definition) is 17. The maximum absolute atomic E-state index is 13.4. The number of rotatable bonds is 16. The quantitative estimate of drug-likeness (QED) is 0.0298. The van der Waals surface area contributed by atoms with Gasteiger partial charge in [0.05, 0.1) is 46.6 Å². The molecule has 0 bridgehead atoms. The van der Waals surface area contributed by atoms with Gasteiger partial charge in [-0.15, -0.1) is 5.11 Å². The van der Waals surface area contributed by atoms with Gasteiger partial charge >= 0.3 is 37.7 Å². The van der Waals surface area contributed by atoms with E-state index >= 15 is 0 Å². The number of benzene rings is 10. The fourth-order valence-electron chi connectivity index (χ4n) is 8.37. The zero-order valence-corrected chi connectivity index (χ0v) is 49.6. The third-order valence-electron chi connectivity index (χ3n) is 12.7. The van der Waals surface area contributed by atoms with Gasteiger partial charge < -0.3 is 45.5 Å². The van der Waals surface area contributed by atoms with E-state index in [0.717, 1.165) is 24.3 Å². The maximum atomic E-state index is 13.4. The average Bonchev–Trinajstić information content (AvgIpc) is 1.67. The van der Waals surface area contributed by atoms with Crippen molar-refractivity contribution < 1.29 is 64.8 Å². The number of amides is 4. The van der Waals surface area contributed by atoms with E-state index in [9.17, 15) is 50.8 Å². The number of azo groups is 2. The van der Waals surface area contributed by atoms with Crippen LogP contribution in [0.15, 0.2) is 237 Å². The Labute approximate surface area is 526 Å². The largest absolute Gasteiger partial charge is 2.00 e. The second-order valence-electron chi connectivity index (χ2n) is 18.4. The van der Waals surface area contributed by atoms with Crippen LogP contribution in [0.1, 0.15) is 41.4 Å². The molecule has 0 unspecified atom stereocenters. The zero-order chi connectivity index (χ0) is 61.1. The third-order valence-corrected chi connectivity index (χ3v) is 14.4. The van der Waals surface area contributed by atoms with Crippen molar-refractivity contribution in [3.05, 3.63) is 229 Å². The molecule has 4 amide bonds. The van der Waals surface area contributed by atoms with Crippen molar-refractivity contribution in [2.75, 3.05) is 35.5 Å². The van der Waals surface area contributed by atoms with Crippen LogP contribution in [0, 0.1) is 0 Å². The molecule has 432 valence electrons. The van der Waals surface area contributed by atoms with Gasteiger partial charge in [-0.2, -0.15) is 23.8 Å². The third kappa shape index (κ3) is 15.9. The summed E-state index contributed by atoms with van der Waals surface area (Å²) in [4.78, 5) is 51.1. The fourth-order valence-corrected chi connectivity index (χ4v) is 9.32. The summed E-state index contributed by atoms with van der Waals surface area (Å²) in [5.74, 6) is -1.93. The van der Waals surface area contributed by atoms with E-state index in [1.165, 1.54) is 55.6 Å². The molecule has 6 N–H and O–H groups in total. The van der Waals surface area contributed by atoms with Gasteiger partial charge in [0.15, 0.2) is 5.75 Å². The predicted octanol–water partition coefficient (Wildman–Crippen LogP) is 12.1. The Morgan fingerprint density at radius 3 is 1.26 bits per heavy atom. The standard InChI is InChI=1S/2C31H24N4O7S.Ca/c2*1-42-24-13-9-21(10-14-24)33-31(38)27-18-19-5-2-3-8-26(19)28(29(27)36)35-34-23-7-4-6-20(17-23)30(37)32-22-11-15-25(16-12-22)43(39,40)41;/h2*2-18,36H,1H3,(H,32,37)(H,33,38)(H,39,40,41);/q;;+2/p-2. The summed E-state index contributed by atoms with van der Waals surface area (Å²) in [6, 6.07) is 52.7. The maximum Gasteiger partial charge on any atom is 2.00 e. The van der Waals surface area contributed by atoms with Crippen LogP contribution in [0.4, 0.5) is 45.5 Å². The molecule has 0 aliphatic heterocycles. The molecule has 0 aliphatic rings. The van der Waals surface area contributed by atoms with Gasteiger partial charge in [0.1, 0.15) is 27.3 Å². The molecular weight excluding hydrogens is 1180 g/mol. The Kier molecular flexibility index (Phi) is 20.2. The van der Waals surface area contributed by atoms with Crippen LogP contribution in [0.5, 0.6) is 23.0 Å². The molecular formula is C62H46CaN8O14S2. The van der Waals surface area contributed by atoms with Crippen LogP contribution in [0.3, 0.4) is 0 Å². The Morgan fingerprint density at radius 1 is 0.448 bits per heavy atom. The van der Waals surface area contributed by atoms with Gasteiger partial charge in [-0.3, -0.25) is 23.7 Å². The molecule has 10 rings (SSSR count). The Hall–Kier alpha value is -9.92. The van der Waals surface area contributed by atoms with Crippen molar-refractivity contribution in [2.24, 2.45) is 20.5 Å². The summed E-state index contributed by atoms with van der Waals surface area (Å²) in [5, 5.41) is 54.5. The van der Waals surface area contributed by atoms with Crippen molar-refractivity contribution in [2.45, 2.75) is 9.79 Å². The Morgan fingerprint density at radius 2 is 0.828 bits per heavy atom. The summed E-state index contributed by atoms with van der Waals surface area (Å²) in [5.41, 5.74) is 2.48. The monoisotopic (exact) mass is 1230 g/mol. The number of anilines is 4. The smallest absolute Gasteiger partial charge is 0.870 e. The SMILES string of the molecule is COc1ccc(NC(=O)c2cc3ccccc3c(N=Nc3cccc(C(=O)Nc4ccc(S(=O)(=O)O)cc4)c3)c2O)cc1.COc1ccc(NC(=O)c2cc3ccccc3c(N=Nc3cccc(C(=O)Nc4ccc(S(=O)(=O)[O-])cc4)c3)c2[O-])cc1.[Ca+2]. The van der Waals surface area contributed by atoms with E-state index in [1.54, 1.807) is 141 Å². The molecule has 0 aromatic heterocycles. The molecule has 0 saturated carbocycles. The first-order chi connectivity index (χ1) is 41.2. The van der Waals surface area contributed by atoms with Crippen LogP contribution in [-0.4, -0.2) is 107 Å². The first-order valence-electron chi connectivity index (χ1n) is 25.4. The Bertz CT molecular complexity index is 4250. The van der Waals surface area contributed by atoms with Gasteiger partial charge in [0.2, 0.25) is 0 Å². The van der Waals surface area contributed by atoms with Crippen molar-refractivity contribution in [1.29, 1.82) is 0 Å². The molecule has 0 atom stereocenters. The molecule has 0 spiro atoms. The topological polar surface area (TPSA) is 339 Å². The number of hydrogen-bond donors (Lipinski definition) is 6.